The van der Waals surface area contributed by atoms with Crippen LogP contribution in [-0.4, -0.2) is 40.8 Å². The van der Waals surface area contributed by atoms with E-state index in [4.69, 9.17) is 0 Å². The summed E-state index contributed by atoms with van der Waals surface area (Å²) in [6.07, 6.45) is 1.33. The van der Waals surface area contributed by atoms with Crippen molar-refractivity contribution in [3.63, 3.8) is 0 Å². The van der Waals surface area contributed by atoms with Crippen molar-refractivity contribution < 1.29 is 0 Å². The van der Waals surface area contributed by atoms with E-state index in [1.807, 2.05) is 0 Å². The van der Waals surface area contributed by atoms with Gasteiger partial charge in [0, 0.05) is 30.4 Å². The first kappa shape index (κ1) is 13.6. The first-order chi connectivity index (χ1) is 8.58. The Morgan fingerprint density at radius 2 is 2.22 bits per heavy atom. The Balaban J connectivity index is 1.74. The molecule has 0 amide bonds. The largest absolute Gasteiger partial charge is 0.312 e. The van der Waals surface area contributed by atoms with Crippen LogP contribution >= 0.6 is 0 Å². The zero-order valence-electron chi connectivity index (χ0n) is 12.1. The van der Waals surface area contributed by atoms with Crippen molar-refractivity contribution in [1.82, 2.24) is 20.4 Å². The number of hydrogen-bond donors (Lipinski definition) is 2. The Hall–Kier alpha value is -0.870. The van der Waals surface area contributed by atoms with Gasteiger partial charge in [-0.3, -0.25) is 5.10 Å². The molecule has 18 heavy (non-hydrogen) atoms. The number of aromatic nitrogens is 2. The lowest BCUT2D eigenvalue weighted by Crippen LogP contribution is -2.30. The molecule has 1 aliphatic heterocycles. The third-order valence-corrected chi connectivity index (χ3v) is 4.06. The van der Waals surface area contributed by atoms with Crippen LogP contribution in [0.15, 0.2) is 0 Å². The second-order valence-corrected chi connectivity index (χ2v) is 5.79. The summed E-state index contributed by atoms with van der Waals surface area (Å²) in [6, 6.07) is 0.688. The minimum atomic E-state index is 0.688. The van der Waals surface area contributed by atoms with Gasteiger partial charge < -0.3 is 10.2 Å². The van der Waals surface area contributed by atoms with E-state index in [0.717, 1.165) is 24.7 Å². The fourth-order valence-corrected chi connectivity index (χ4v) is 2.73. The van der Waals surface area contributed by atoms with Crippen LogP contribution in [0, 0.1) is 19.8 Å². The van der Waals surface area contributed by atoms with Crippen molar-refractivity contribution in [1.29, 1.82) is 0 Å². The molecule has 0 aliphatic carbocycles. The van der Waals surface area contributed by atoms with Crippen LogP contribution in [-0.2, 0) is 6.54 Å². The molecule has 0 aromatic carbocycles. The lowest BCUT2D eigenvalue weighted by Gasteiger charge is -2.20. The molecule has 102 valence electrons. The molecule has 4 heteroatoms. The van der Waals surface area contributed by atoms with E-state index in [9.17, 15) is 0 Å². The Morgan fingerprint density at radius 1 is 1.44 bits per heavy atom. The average molecular weight is 250 g/mol. The molecule has 2 heterocycles. The number of H-pyrrole nitrogens is 1. The molecule has 0 spiro atoms. The summed E-state index contributed by atoms with van der Waals surface area (Å²) in [7, 11) is 0. The van der Waals surface area contributed by atoms with Gasteiger partial charge in [0.25, 0.3) is 0 Å². The second kappa shape index (κ2) is 5.85. The van der Waals surface area contributed by atoms with Crippen LogP contribution in [0.4, 0.5) is 0 Å². The van der Waals surface area contributed by atoms with Crippen molar-refractivity contribution in [3.05, 3.63) is 17.0 Å². The van der Waals surface area contributed by atoms with Gasteiger partial charge in [-0.25, -0.2) is 0 Å². The maximum absolute atomic E-state index is 4.23. The van der Waals surface area contributed by atoms with Crippen molar-refractivity contribution in [2.24, 2.45) is 5.92 Å². The first-order valence-electron chi connectivity index (χ1n) is 7.03. The number of nitrogens with one attached hydrogen (secondary N) is 2. The zero-order valence-corrected chi connectivity index (χ0v) is 12.1. The normalized spacial score (nSPS) is 21.1. The van der Waals surface area contributed by atoms with Crippen molar-refractivity contribution >= 4 is 0 Å². The minimum absolute atomic E-state index is 0.688. The number of hydrogen-bond acceptors (Lipinski definition) is 3. The van der Waals surface area contributed by atoms with Gasteiger partial charge in [0.2, 0.25) is 0 Å². The van der Waals surface area contributed by atoms with Crippen LogP contribution in [0.1, 0.15) is 37.2 Å². The monoisotopic (exact) mass is 250 g/mol. The number of nitrogens with zero attached hydrogens (tertiary/aromatic N) is 2. The van der Waals surface area contributed by atoms with Gasteiger partial charge in [0.05, 0.1) is 5.69 Å². The summed E-state index contributed by atoms with van der Waals surface area (Å²) in [6.45, 7) is 13.3. The highest BCUT2D eigenvalue weighted by Crippen LogP contribution is 2.18. The Labute approximate surface area is 110 Å². The Morgan fingerprint density at radius 3 is 2.78 bits per heavy atom. The molecule has 1 aliphatic rings. The quantitative estimate of drug-likeness (QED) is 0.838. The van der Waals surface area contributed by atoms with Gasteiger partial charge in [0.1, 0.15) is 0 Å². The molecular formula is C14H26N4. The van der Waals surface area contributed by atoms with E-state index >= 15 is 0 Å². The van der Waals surface area contributed by atoms with Crippen LogP contribution in [0.5, 0.6) is 0 Å². The van der Waals surface area contributed by atoms with Crippen molar-refractivity contribution in [2.75, 3.05) is 19.6 Å². The van der Waals surface area contributed by atoms with Crippen LogP contribution in [0.25, 0.3) is 0 Å². The smallest absolute Gasteiger partial charge is 0.0638 e. The van der Waals surface area contributed by atoms with Gasteiger partial charge in [-0.05, 0) is 53.1 Å². The predicted molar refractivity (Wildman–Crippen MR) is 74.6 cm³/mol. The van der Waals surface area contributed by atoms with E-state index < -0.39 is 0 Å². The van der Waals surface area contributed by atoms with Crippen LogP contribution in [0.3, 0.4) is 0 Å². The highest BCUT2D eigenvalue weighted by molar-refractivity contribution is 5.22. The summed E-state index contributed by atoms with van der Waals surface area (Å²) >= 11 is 0. The Kier molecular flexibility index (Phi) is 4.40. The number of likely N-dealkylation sites (tertiary alicyclic amines) is 1. The molecular weight excluding hydrogens is 224 g/mol. The summed E-state index contributed by atoms with van der Waals surface area (Å²) < 4.78 is 0. The van der Waals surface area contributed by atoms with E-state index in [1.165, 1.54) is 30.8 Å². The lowest BCUT2D eigenvalue weighted by molar-refractivity contribution is 0.264. The molecule has 4 nitrogen and oxygen atoms in total. The molecule has 0 saturated carbocycles. The predicted octanol–water partition coefficient (Wildman–Crippen LogP) is 1.85. The highest BCUT2D eigenvalue weighted by atomic mass is 15.2. The maximum atomic E-state index is 4.23. The maximum Gasteiger partial charge on any atom is 0.0638 e. The number of aryl methyl sites for hydroxylation is 2. The Bertz CT molecular complexity index is 364. The zero-order chi connectivity index (χ0) is 13.1. The van der Waals surface area contributed by atoms with E-state index in [2.05, 4.69) is 48.1 Å². The first-order valence-corrected chi connectivity index (χ1v) is 7.03. The van der Waals surface area contributed by atoms with Crippen molar-refractivity contribution in [2.45, 2.75) is 46.7 Å². The SMILES string of the molecule is Cc1n[nH]c(C)c1CNC[C@H]1CCN(C(C)C)C1. The standard InChI is InChI=1S/C14H26N4/c1-10(2)18-6-5-13(9-18)7-15-8-14-11(3)16-17-12(14)4/h10,13,15H,5-9H2,1-4H3,(H,16,17)/t13-/m1/s1. The summed E-state index contributed by atoms with van der Waals surface area (Å²) in [5.74, 6) is 0.805. The second-order valence-electron chi connectivity index (χ2n) is 5.79. The minimum Gasteiger partial charge on any atom is -0.312 e. The lowest BCUT2D eigenvalue weighted by atomic mass is 10.1. The average Bonchev–Trinajstić information content (AvgIpc) is 2.90. The molecule has 0 unspecified atom stereocenters. The summed E-state index contributed by atoms with van der Waals surface area (Å²) in [5.41, 5.74) is 3.64. The van der Waals surface area contributed by atoms with Gasteiger partial charge >= 0.3 is 0 Å². The van der Waals surface area contributed by atoms with Gasteiger partial charge in [-0.1, -0.05) is 0 Å². The van der Waals surface area contributed by atoms with Gasteiger partial charge in [0.15, 0.2) is 0 Å². The molecule has 1 aromatic heterocycles. The topological polar surface area (TPSA) is 44.0 Å². The summed E-state index contributed by atoms with van der Waals surface area (Å²) in [5, 5.41) is 10.9. The van der Waals surface area contributed by atoms with Crippen LogP contribution in [0.2, 0.25) is 0 Å². The van der Waals surface area contributed by atoms with E-state index in [0.29, 0.717) is 6.04 Å². The van der Waals surface area contributed by atoms with E-state index in [1.54, 1.807) is 0 Å². The van der Waals surface area contributed by atoms with Crippen molar-refractivity contribution in [3.8, 4) is 0 Å². The fraction of sp³-hybridized carbons (Fsp3) is 0.786. The molecule has 2 rings (SSSR count). The van der Waals surface area contributed by atoms with Gasteiger partial charge in [-0.2, -0.15) is 5.10 Å². The number of rotatable bonds is 5. The third kappa shape index (κ3) is 3.12. The van der Waals surface area contributed by atoms with E-state index in [-0.39, 0.29) is 0 Å². The third-order valence-electron chi connectivity index (χ3n) is 4.06. The van der Waals surface area contributed by atoms with Crippen LogP contribution < -0.4 is 5.32 Å². The molecule has 1 saturated heterocycles. The van der Waals surface area contributed by atoms with Gasteiger partial charge in [-0.15, -0.1) is 0 Å². The molecule has 1 atom stereocenters. The molecule has 2 N–H and O–H groups in total. The summed E-state index contributed by atoms with van der Waals surface area (Å²) in [4.78, 5) is 2.57. The molecule has 1 fully saturated rings. The number of aromatic amines is 1. The highest BCUT2D eigenvalue weighted by Gasteiger charge is 2.23. The molecule has 1 aromatic rings. The molecule has 0 radical (unpaired) electrons. The fourth-order valence-electron chi connectivity index (χ4n) is 2.73. The molecule has 0 bridgehead atoms.